The van der Waals surface area contributed by atoms with Crippen molar-refractivity contribution in [3.63, 3.8) is 0 Å². The zero-order valence-corrected chi connectivity index (χ0v) is 15.4. The number of fused-ring (bicyclic) bond motifs is 1. The number of benzene rings is 1. The fourth-order valence-electron chi connectivity index (χ4n) is 3.92. The summed E-state index contributed by atoms with van der Waals surface area (Å²) in [6, 6.07) is 8.88. The first-order valence-electron chi connectivity index (χ1n) is 9.54. The molecule has 1 amide bonds. The second-order valence-electron chi connectivity index (χ2n) is 7.28. The standard InChI is InChI=1S/C20H25FN4O2/c21-19-6-2-1-5-16(19)11-23-12-17-7-8-22-25(17)18(13-23)14-27-15-20(26)24-9-3-4-10-24/h1-2,5-8,18H,3-4,9-15H2/t18-/m0/s1. The van der Waals surface area contributed by atoms with Gasteiger partial charge in [-0.3, -0.25) is 14.4 Å². The number of nitrogens with zero attached hydrogens (tertiary/aromatic N) is 4. The first-order valence-corrected chi connectivity index (χ1v) is 9.54. The summed E-state index contributed by atoms with van der Waals surface area (Å²) >= 11 is 0. The summed E-state index contributed by atoms with van der Waals surface area (Å²) in [4.78, 5) is 16.2. The van der Waals surface area contributed by atoms with Gasteiger partial charge in [-0.15, -0.1) is 0 Å². The van der Waals surface area contributed by atoms with Gasteiger partial charge in [0.15, 0.2) is 0 Å². The van der Waals surface area contributed by atoms with E-state index in [2.05, 4.69) is 10.00 Å². The molecule has 144 valence electrons. The molecule has 0 radical (unpaired) electrons. The highest BCUT2D eigenvalue weighted by molar-refractivity contribution is 5.77. The van der Waals surface area contributed by atoms with Gasteiger partial charge in [-0.2, -0.15) is 5.10 Å². The van der Waals surface area contributed by atoms with Crippen molar-refractivity contribution in [3.8, 4) is 0 Å². The van der Waals surface area contributed by atoms with E-state index in [0.717, 1.165) is 38.2 Å². The Bertz CT molecular complexity index is 788. The molecule has 0 saturated carbocycles. The molecule has 0 aliphatic carbocycles. The van der Waals surface area contributed by atoms with Crippen LogP contribution in [0.25, 0.3) is 0 Å². The van der Waals surface area contributed by atoms with Crippen molar-refractivity contribution in [1.29, 1.82) is 0 Å². The molecule has 2 aliphatic rings. The predicted octanol–water partition coefficient (Wildman–Crippen LogP) is 2.22. The Morgan fingerprint density at radius 2 is 2.04 bits per heavy atom. The van der Waals surface area contributed by atoms with Crippen molar-refractivity contribution in [2.45, 2.75) is 32.0 Å². The number of likely N-dealkylation sites (tertiary alicyclic amines) is 1. The summed E-state index contributed by atoms with van der Waals surface area (Å²) in [7, 11) is 0. The SMILES string of the molecule is O=C(COC[C@@H]1CN(Cc2ccccc2F)Cc2ccnn21)N1CCCC1. The van der Waals surface area contributed by atoms with Gasteiger partial charge in [-0.1, -0.05) is 18.2 Å². The molecule has 4 rings (SSSR count). The zero-order valence-electron chi connectivity index (χ0n) is 15.4. The molecule has 0 unspecified atom stereocenters. The molecular weight excluding hydrogens is 347 g/mol. The van der Waals surface area contributed by atoms with E-state index in [-0.39, 0.29) is 24.4 Å². The van der Waals surface area contributed by atoms with Crippen LogP contribution in [-0.4, -0.2) is 58.3 Å². The number of halogens is 1. The van der Waals surface area contributed by atoms with Gasteiger partial charge in [-0.05, 0) is 25.0 Å². The third-order valence-electron chi connectivity index (χ3n) is 5.30. The maximum absolute atomic E-state index is 14.0. The van der Waals surface area contributed by atoms with Crippen molar-refractivity contribution >= 4 is 5.91 Å². The Balaban J connectivity index is 1.37. The van der Waals surface area contributed by atoms with Crippen LogP contribution in [-0.2, 0) is 22.6 Å². The molecule has 1 fully saturated rings. The van der Waals surface area contributed by atoms with Crippen molar-refractivity contribution in [2.75, 3.05) is 32.8 Å². The van der Waals surface area contributed by atoms with Gasteiger partial charge in [0.1, 0.15) is 12.4 Å². The number of hydrogen-bond donors (Lipinski definition) is 0. The molecule has 0 spiro atoms. The number of carbonyl (C=O) groups is 1. The summed E-state index contributed by atoms with van der Waals surface area (Å²) < 4.78 is 21.7. The second kappa shape index (κ2) is 8.19. The van der Waals surface area contributed by atoms with Crippen LogP contribution in [0.2, 0.25) is 0 Å². The van der Waals surface area contributed by atoms with E-state index in [1.54, 1.807) is 12.3 Å². The van der Waals surface area contributed by atoms with Crippen LogP contribution >= 0.6 is 0 Å². The van der Waals surface area contributed by atoms with Gasteiger partial charge in [0.2, 0.25) is 5.91 Å². The fraction of sp³-hybridized carbons (Fsp3) is 0.500. The number of rotatable bonds is 6. The Hall–Kier alpha value is -2.25. The van der Waals surface area contributed by atoms with Crippen LogP contribution < -0.4 is 0 Å². The molecule has 7 heteroatoms. The van der Waals surface area contributed by atoms with E-state index < -0.39 is 0 Å². The van der Waals surface area contributed by atoms with Crippen LogP contribution in [0.1, 0.15) is 30.1 Å². The minimum atomic E-state index is -0.180. The van der Waals surface area contributed by atoms with Gasteiger partial charge in [-0.25, -0.2) is 4.39 Å². The quantitative estimate of drug-likeness (QED) is 0.780. The van der Waals surface area contributed by atoms with Gasteiger partial charge in [0.25, 0.3) is 0 Å². The van der Waals surface area contributed by atoms with Crippen LogP contribution in [0.3, 0.4) is 0 Å². The average molecular weight is 372 g/mol. The van der Waals surface area contributed by atoms with Gasteiger partial charge in [0.05, 0.1) is 18.3 Å². The Kier molecular flexibility index (Phi) is 5.50. The number of aromatic nitrogens is 2. The van der Waals surface area contributed by atoms with E-state index in [9.17, 15) is 9.18 Å². The molecule has 3 heterocycles. The Labute approximate surface area is 158 Å². The lowest BCUT2D eigenvalue weighted by atomic mass is 10.1. The summed E-state index contributed by atoms with van der Waals surface area (Å²) in [6.07, 6.45) is 3.94. The molecule has 0 bridgehead atoms. The van der Waals surface area contributed by atoms with E-state index in [1.165, 1.54) is 6.07 Å². The predicted molar refractivity (Wildman–Crippen MR) is 98.4 cm³/mol. The van der Waals surface area contributed by atoms with Crippen molar-refractivity contribution in [1.82, 2.24) is 19.6 Å². The normalized spacial score (nSPS) is 20.0. The molecule has 2 aromatic rings. The third kappa shape index (κ3) is 4.20. The third-order valence-corrected chi connectivity index (χ3v) is 5.30. The molecule has 2 aliphatic heterocycles. The highest BCUT2D eigenvalue weighted by Crippen LogP contribution is 2.23. The minimum absolute atomic E-state index is 0.0156. The average Bonchev–Trinajstić information content (AvgIpc) is 3.35. The molecule has 1 saturated heterocycles. The number of carbonyl (C=O) groups excluding carboxylic acids is 1. The first-order chi connectivity index (χ1) is 13.2. The van der Waals surface area contributed by atoms with Gasteiger partial charge in [0, 0.05) is 44.5 Å². The zero-order chi connectivity index (χ0) is 18.6. The summed E-state index contributed by atoms with van der Waals surface area (Å²) in [5.41, 5.74) is 1.77. The molecule has 27 heavy (non-hydrogen) atoms. The number of ether oxygens (including phenoxy) is 1. The number of hydrogen-bond acceptors (Lipinski definition) is 4. The maximum atomic E-state index is 14.0. The highest BCUT2D eigenvalue weighted by atomic mass is 19.1. The Morgan fingerprint density at radius 1 is 1.22 bits per heavy atom. The lowest BCUT2D eigenvalue weighted by Crippen LogP contribution is -2.40. The van der Waals surface area contributed by atoms with Gasteiger partial charge < -0.3 is 9.64 Å². The van der Waals surface area contributed by atoms with E-state index >= 15 is 0 Å². The van der Waals surface area contributed by atoms with E-state index in [1.807, 2.05) is 27.8 Å². The van der Waals surface area contributed by atoms with Crippen LogP contribution in [0, 0.1) is 5.82 Å². The first kappa shape index (κ1) is 18.1. The fourth-order valence-corrected chi connectivity index (χ4v) is 3.92. The summed E-state index contributed by atoms with van der Waals surface area (Å²) in [5.74, 6) is -0.118. The summed E-state index contributed by atoms with van der Waals surface area (Å²) in [6.45, 7) is 4.18. The molecule has 0 N–H and O–H groups in total. The topological polar surface area (TPSA) is 50.6 Å². The van der Waals surface area contributed by atoms with Crippen LogP contribution in [0.4, 0.5) is 4.39 Å². The van der Waals surface area contributed by atoms with Crippen molar-refractivity contribution in [2.24, 2.45) is 0 Å². The minimum Gasteiger partial charge on any atom is -0.369 e. The molecule has 1 aromatic heterocycles. The number of amides is 1. The van der Waals surface area contributed by atoms with E-state index in [4.69, 9.17) is 4.74 Å². The highest BCUT2D eigenvalue weighted by Gasteiger charge is 2.27. The van der Waals surface area contributed by atoms with Crippen LogP contribution in [0.5, 0.6) is 0 Å². The Morgan fingerprint density at radius 3 is 2.85 bits per heavy atom. The van der Waals surface area contributed by atoms with E-state index in [0.29, 0.717) is 25.3 Å². The lowest BCUT2D eigenvalue weighted by Gasteiger charge is -2.34. The van der Waals surface area contributed by atoms with Crippen molar-refractivity contribution < 1.29 is 13.9 Å². The molecular formula is C20H25FN4O2. The lowest BCUT2D eigenvalue weighted by molar-refractivity contribution is -0.135. The second-order valence-corrected chi connectivity index (χ2v) is 7.28. The largest absolute Gasteiger partial charge is 0.369 e. The molecule has 6 nitrogen and oxygen atoms in total. The maximum Gasteiger partial charge on any atom is 0.248 e. The summed E-state index contributed by atoms with van der Waals surface area (Å²) in [5, 5.41) is 4.41. The molecule has 1 atom stereocenters. The molecule has 1 aromatic carbocycles. The van der Waals surface area contributed by atoms with Crippen LogP contribution in [0.15, 0.2) is 36.5 Å². The monoisotopic (exact) mass is 372 g/mol. The van der Waals surface area contributed by atoms with Crippen molar-refractivity contribution in [3.05, 3.63) is 53.6 Å². The van der Waals surface area contributed by atoms with Gasteiger partial charge >= 0.3 is 0 Å². The smallest absolute Gasteiger partial charge is 0.248 e.